The number of aliphatic hydroxyl groups is 1. The molecule has 0 aliphatic heterocycles. The molecule has 1 atom stereocenters. The molecule has 0 spiro atoms. The number of hydrogen-bond donors (Lipinski definition) is 3. The van der Waals surface area contributed by atoms with Crippen LogP contribution >= 0.6 is 22.7 Å². The molecule has 27 heavy (non-hydrogen) atoms. The van der Waals surface area contributed by atoms with E-state index in [2.05, 4.69) is 5.32 Å². The lowest BCUT2D eigenvalue weighted by molar-refractivity contribution is -0.136. The van der Waals surface area contributed by atoms with Gasteiger partial charge in [-0.25, -0.2) is 8.78 Å². The molecule has 9 heteroatoms. The molecular formula is C18H14F2N2O3S2. The summed E-state index contributed by atoms with van der Waals surface area (Å²) in [6.45, 7) is 0.0692. The van der Waals surface area contributed by atoms with Crippen LogP contribution in [0.2, 0.25) is 0 Å². The van der Waals surface area contributed by atoms with Gasteiger partial charge in [0.15, 0.2) is 0 Å². The number of nitrogens with one attached hydrogen (secondary N) is 2. The Morgan fingerprint density at radius 1 is 1.07 bits per heavy atom. The van der Waals surface area contributed by atoms with Crippen LogP contribution in [-0.2, 0) is 16.1 Å². The first-order valence-corrected chi connectivity index (χ1v) is 9.48. The third kappa shape index (κ3) is 4.76. The van der Waals surface area contributed by atoms with Crippen LogP contribution in [0.1, 0.15) is 20.7 Å². The quantitative estimate of drug-likeness (QED) is 0.566. The lowest BCUT2D eigenvalue weighted by atomic mass is 10.2. The molecular weight excluding hydrogens is 394 g/mol. The summed E-state index contributed by atoms with van der Waals surface area (Å²) in [5.41, 5.74) is -0.410. The van der Waals surface area contributed by atoms with Crippen LogP contribution in [0, 0.1) is 11.6 Å². The molecule has 3 N–H and O–H groups in total. The van der Waals surface area contributed by atoms with Crippen molar-refractivity contribution in [2.24, 2.45) is 0 Å². The number of amides is 2. The van der Waals surface area contributed by atoms with Crippen LogP contribution in [-0.4, -0.2) is 16.9 Å². The molecule has 0 aliphatic carbocycles. The summed E-state index contributed by atoms with van der Waals surface area (Å²) in [4.78, 5) is 25.9. The number of hydrogen-bond acceptors (Lipinski definition) is 5. The van der Waals surface area contributed by atoms with Crippen molar-refractivity contribution >= 4 is 40.2 Å². The van der Waals surface area contributed by atoms with Crippen LogP contribution in [0.4, 0.5) is 14.5 Å². The minimum Gasteiger partial charge on any atom is -0.382 e. The molecule has 0 saturated heterocycles. The fraction of sp³-hybridized carbons (Fsp3) is 0.111. The largest absolute Gasteiger partial charge is 0.382 e. The van der Waals surface area contributed by atoms with Crippen molar-refractivity contribution in [1.29, 1.82) is 0 Å². The van der Waals surface area contributed by atoms with Gasteiger partial charge >= 0.3 is 11.8 Å². The Balaban J connectivity index is 1.56. The molecule has 0 aliphatic rings. The average Bonchev–Trinajstić information content (AvgIpc) is 3.34. The lowest BCUT2D eigenvalue weighted by Crippen LogP contribution is -2.35. The number of benzene rings is 1. The zero-order chi connectivity index (χ0) is 19.4. The summed E-state index contributed by atoms with van der Waals surface area (Å²) in [7, 11) is 0. The second-order valence-electron chi connectivity index (χ2n) is 5.48. The fourth-order valence-electron chi connectivity index (χ4n) is 2.24. The first kappa shape index (κ1) is 19.2. The second kappa shape index (κ2) is 8.38. The van der Waals surface area contributed by atoms with Gasteiger partial charge in [0.25, 0.3) is 0 Å². The van der Waals surface area contributed by atoms with Crippen molar-refractivity contribution in [3.63, 3.8) is 0 Å². The highest BCUT2D eigenvalue weighted by molar-refractivity contribution is 7.12. The van der Waals surface area contributed by atoms with Crippen LogP contribution in [0.15, 0.2) is 47.8 Å². The van der Waals surface area contributed by atoms with E-state index in [4.69, 9.17) is 0 Å². The highest BCUT2D eigenvalue weighted by atomic mass is 32.1. The summed E-state index contributed by atoms with van der Waals surface area (Å²) < 4.78 is 26.6. The Bertz CT molecular complexity index is 957. The summed E-state index contributed by atoms with van der Waals surface area (Å²) in [5, 5.41) is 16.6. The molecule has 0 fully saturated rings. The standard InChI is InChI=1S/C18H14F2N2O3S2/c19-10-3-5-12(20)13(8-10)22-18(25)17(24)21-9-11-4-6-15(27-11)16(23)14-2-1-7-26-14/h1-8,16,23H,9H2,(H,21,24)(H,22,25). The van der Waals surface area contributed by atoms with Gasteiger partial charge < -0.3 is 15.7 Å². The Hall–Kier alpha value is -2.62. The Labute approximate surface area is 161 Å². The predicted molar refractivity (Wildman–Crippen MR) is 99.5 cm³/mol. The molecule has 1 aromatic carbocycles. The van der Waals surface area contributed by atoms with Gasteiger partial charge in [-0.05, 0) is 35.7 Å². The molecule has 3 rings (SSSR count). The van der Waals surface area contributed by atoms with E-state index in [1.165, 1.54) is 22.7 Å². The molecule has 0 saturated carbocycles. The molecule has 2 heterocycles. The third-order valence-electron chi connectivity index (χ3n) is 3.57. The highest BCUT2D eigenvalue weighted by Crippen LogP contribution is 2.30. The van der Waals surface area contributed by atoms with Crippen molar-refractivity contribution in [3.8, 4) is 0 Å². The normalized spacial score (nSPS) is 11.8. The minimum atomic E-state index is -1.10. The van der Waals surface area contributed by atoms with Crippen molar-refractivity contribution in [1.82, 2.24) is 5.32 Å². The monoisotopic (exact) mass is 408 g/mol. The molecule has 5 nitrogen and oxygen atoms in total. The Morgan fingerprint density at radius 2 is 1.89 bits per heavy atom. The van der Waals surface area contributed by atoms with Crippen LogP contribution < -0.4 is 10.6 Å². The predicted octanol–water partition coefficient (Wildman–Crippen LogP) is 3.42. The van der Waals surface area contributed by atoms with Crippen LogP contribution in [0.5, 0.6) is 0 Å². The maximum atomic E-state index is 13.5. The fourth-order valence-corrected chi connectivity index (χ4v) is 4.00. The number of aliphatic hydroxyl groups excluding tert-OH is 1. The van der Waals surface area contributed by atoms with E-state index in [-0.39, 0.29) is 6.54 Å². The SMILES string of the molecule is O=C(NCc1ccc(C(O)c2cccs2)s1)C(=O)Nc1cc(F)ccc1F. The van der Waals surface area contributed by atoms with E-state index >= 15 is 0 Å². The van der Waals surface area contributed by atoms with Crippen molar-refractivity contribution < 1.29 is 23.5 Å². The van der Waals surface area contributed by atoms with Gasteiger partial charge in [0.1, 0.15) is 17.7 Å². The molecule has 0 bridgehead atoms. The minimum absolute atomic E-state index is 0.0692. The van der Waals surface area contributed by atoms with E-state index in [0.29, 0.717) is 4.88 Å². The van der Waals surface area contributed by atoms with Crippen LogP contribution in [0.25, 0.3) is 0 Å². The Morgan fingerprint density at radius 3 is 2.63 bits per heavy atom. The summed E-state index contributed by atoms with van der Waals surface area (Å²) in [5.74, 6) is -3.66. The van der Waals surface area contributed by atoms with Gasteiger partial charge in [0.2, 0.25) is 0 Å². The van der Waals surface area contributed by atoms with E-state index < -0.39 is 35.2 Å². The van der Waals surface area contributed by atoms with Crippen molar-refractivity contribution in [2.75, 3.05) is 5.32 Å². The first-order valence-electron chi connectivity index (χ1n) is 7.78. The first-order chi connectivity index (χ1) is 12.9. The number of carbonyl (C=O) groups is 2. The molecule has 3 aromatic rings. The van der Waals surface area contributed by atoms with Gasteiger partial charge in [-0.1, -0.05) is 6.07 Å². The molecule has 2 aromatic heterocycles. The summed E-state index contributed by atoms with van der Waals surface area (Å²) >= 11 is 2.74. The van der Waals surface area contributed by atoms with E-state index in [9.17, 15) is 23.5 Å². The van der Waals surface area contributed by atoms with Gasteiger partial charge in [-0.15, -0.1) is 22.7 Å². The Kier molecular flexibility index (Phi) is 5.94. The number of anilines is 1. The number of carbonyl (C=O) groups excluding carboxylic acids is 2. The third-order valence-corrected chi connectivity index (χ3v) is 5.63. The summed E-state index contributed by atoms with van der Waals surface area (Å²) in [6, 6.07) is 9.71. The molecule has 2 amide bonds. The maximum Gasteiger partial charge on any atom is 0.313 e. The van der Waals surface area contributed by atoms with Crippen molar-refractivity contribution in [3.05, 3.63) is 74.1 Å². The second-order valence-corrected chi connectivity index (χ2v) is 7.66. The van der Waals surface area contributed by atoms with Gasteiger partial charge in [-0.3, -0.25) is 9.59 Å². The number of rotatable bonds is 5. The zero-order valence-corrected chi connectivity index (χ0v) is 15.4. The summed E-state index contributed by atoms with van der Waals surface area (Å²) in [6.07, 6.45) is -0.737. The average molecular weight is 408 g/mol. The van der Waals surface area contributed by atoms with E-state index in [0.717, 1.165) is 28.0 Å². The van der Waals surface area contributed by atoms with Gasteiger partial charge in [-0.2, -0.15) is 0 Å². The zero-order valence-electron chi connectivity index (χ0n) is 13.7. The van der Waals surface area contributed by atoms with Gasteiger partial charge in [0.05, 0.1) is 12.2 Å². The molecule has 140 valence electrons. The topological polar surface area (TPSA) is 78.4 Å². The van der Waals surface area contributed by atoms with Crippen molar-refractivity contribution in [2.45, 2.75) is 12.6 Å². The smallest absolute Gasteiger partial charge is 0.313 e. The number of halogens is 2. The maximum absolute atomic E-state index is 13.5. The molecule has 1 unspecified atom stereocenters. The highest BCUT2D eigenvalue weighted by Gasteiger charge is 2.17. The van der Waals surface area contributed by atoms with E-state index in [1.54, 1.807) is 12.1 Å². The number of thiophene rings is 2. The lowest BCUT2D eigenvalue weighted by Gasteiger charge is -2.07. The van der Waals surface area contributed by atoms with Gasteiger partial charge in [0, 0.05) is 20.7 Å². The van der Waals surface area contributed by atoms with Crippen LogP contribution in [0.3, 0.4) is 0 Å². The molecule has 0 radical (unpaired) electrons. The van der Waals surface area contributed by atoms with E-state index in [1.807, 2.05) is 22.8 Å².